The summed E-state index contributed by atoms with van der Waals surface area (Å²) < 4.78 is 26.9. The average Bonchev–Trinajstić information content (AvgIpc) is 3.23. The lowest BCUT2D eigenvalue weighted by atomic mass is 10.2. The molecule has 8 heteroatoms. The van der Waals surface area contributed by atoms with E-state index in [-0.39, 0.29) is 17.3 Å². The molecule has 2 amide bonds. The van der Waals surface area contributed by atoms with E-state index in [9.17, 15) is 18.0 Å². The van der Waals surface area contributed by atoms with Crippen molar-refractivity contribution in [1.29, 1.82) is 0 Å². The quantitative estimate of drug-likeness (QED) is 0.850. The number of aromatic nitrogens is 1. The van der Waals surface area contributed by atoms with Crippen molar-refractivity contribution in [2.45, 2.75) is 24.3 Å². The van der Waals surface area contributed by atoms with E-state index >= 15 is 0 Å². The van der Waals surface area contributed by atoms with Gasteiger partial charge in [-0.3, -0.25) is 9.59 Å². The zero-order chi connectivity index (χ0) is 18.0. The summed E-state index contributed by atoms with van der Waals surface area (Å²) in [7, 11) is -2.39. The van der Waals surface area contributed by atoms with Crippen LogP contribution < -0.4 is 5.32 Å². The van der Waals surface area contributed by atoms with Crippen LogP contribution >= 0.6 is 0 Å². The molecule has 1 fully saturated rings. The molecule has 1 saturated heterocycles. The molecule has 134 valence electrons. The average molecular weight is 363 g/mol. The summed E-state index contributed by atoms with van der Waals surface area (Å²) in [4.78, 5) is 25.9. The van der Waals surface area contributed by atoms with Crippen molar-refractivity contribution in [3.05, 3.63) is 30.5 Å². The van der Waals surface area contributed by atoms with Gasteiger partial charge in [0.05, 0.1) is 4.90 Å². The zero-order valence-corrected chi connectivity index (χ0v) is 14.9. The van der Waals surface area contributed by atoms with Gasteiger partial charge in [0.25, 0.3) is 0 Å². The van der Waals surface area contributed by atoms with Gasteiger partial charge in [-0.15, -0.1) is 0 Å². The van der Waals surface area contributed by atoms with Crippen LogP contribution in [-0.4, -0.2) is 55.6 Å². The summed E-state index contributed by atoms with van der Waals surface area (Å²) in [5.41, 5.74) is 0.672. The molecule has 0 spiro atoms. The van der Waals surface area contributed by atoms with Crippen LogP contribution in [-0.2, 0) is 26.0 Å². The van der Waals surface area contributed by atoms with E-state index in [0.29, 0.717) is 10.9 Å². The number of likely N-dealkylation sites (tertiary alicyclic amines) is 1. The minimum Gasteiger partial charge on any atom is -0.358 e. The van der Waals surface area contributed by atoms with Gasteiger partial charge >= 0.3 is 0 Å². The Kier molecular flexibility index (Phi) is 4.80. The molecule has 2 aromatic rings. The van der Waals surface area contributed by atoms with Crippen LogP contribution in [0.15, 0.2) is 35.4 Å². The molecule has 0 saturated carbocycles. The molecule has 1 aliphatic heterocycles. The van der Waals surface area contributed by atoms with Gasteiger partial charge in [0.2, 0.25) is 11.8 Å². The Labute approximate surface area is 146 Å². The summed E-state index contributed by atoms with van der Waals surface area (Å²) in [6.45, 7) is 1.59. The van der Waals surface area contributed by atoms with Crippen LogP contribution in [0, 0.1) is 0 Å². The second-order valence-electron chi connectivity index (χ2n) is 6.16. The lowest BCUT2D eigenvalue weighted by Crippen LogP contribution is -2.30. The number of fused-ring (bicyclic) bond motifs is 1. The summed E-state index contributed by atoms with van der Waals surface area (Å²) in [5.74, 6) is -1.20. The fourth-order valence-corrected chi connectivity index (χ4v) is 4.57. The highest BCUT2D eigenvalue weighted by atomic mass is 32.2. The fraction of sp³-hybridized carbons (Fsp3) is 0.412. The first-order chi connectivity index (χ1) is 11.9. The Morgan fingerprint density at radius 1 is 1.16 bits per heavy atom. The van der Waals surface area contributed by atoms with Crippen LogP contribution in [0.2, 0.25) is 0 Å². The van der Waals surface area contributed by atoms with Gasteiger partial charge < -0.3 is 14.8 Å². The van der Waals surface area contributed by atoms with Crippen molar-refractivity contribution in [1.82, 2.24) is 14.8 Å². The van der Waals surface area contributed by atoms with Crippen LogP contribution in [0.3, 0.4) is 0 Å². The first-order valence-corrected chi connectivity index (χ1v) is 9.86. The highest BCUT2D eigenvalue weighted by Gasteiger charge is 2.25. The molecule has 1 N–H and O–H groups in total. The lowest BCUT2D eigenvalue weighted by molar-refractivity contribution is -0.130. The molecule has 0 bridgehead atoms. The van der Waals surface area contributed by atoms with Crippen LogP contribution in [0.25, 0.3) is 10.9 Å². The number of carbonyl (C=O) groups excluding carboxylic acids is 2. The molecule has 3 rings (SSSR count). The Bertz CT molecular complexity index is 911. The van der Waals surface area contributed by atoms with Gasteiger partial charge in [0.1, 0.15) is 12.3 Å². The van der Waals surface area contributed by atoms with Gasteiger partial charge in [-0.1, -0.05) is 18.2 Å². The Hall–Kier alpha value is -2.35. The monoisotopic (exact) mass is 363 g/mol. The van der Waals surface area contributed by atoms with Gasteiger partial charge in [0.15, 0.2) is 9.84 Å². The summed E-state index contributed by atoms with van der Waals surface area (Å²) in [6.07, 6.45) is 3.48. The normalized spacial score (nSPS) is 14.8. The molecule has 25 heavy (non-hydrogen) atoms. The van der Waals surface area contributed by atoms with Crippen molar-refractivity contribution < 1.29 is 18.0 Å². The molecule has 0 aliphatic carbocycles. The number of rotatable bonds is 5. The van der Waals surface area contributed by atoms with E-state index in [4.69, 9.17) is 0 Å². The number of benzene rings is 1. The summed E-state index contributed by atoms with van der Waals surface area (Å²) in [6, 6.07) is 7.02. The summed E-state index contributed by atoms with van der Waals surface area (Å²) in [5, 5.41) is 2.86. The van der Waals surface area contributed by atoms with Crippen molar-refractivity contribution >= 4 is 32.6 Å². The van der Waals surface area contributed by atoms with E-state index in [1.165, 1.54) is 13.2 Å². The standard InChI is InChI=1S/C17H21N3O4S/c1-18-16(21)12-25(23,24)15-10-20(14-7-3-2-6-13(14)15)11-17(22)19-8-4-5-9-19/h2-3,6-7,10H,4-5,8-9,11-12H2,1H3,(H,18,21). The topological polar surface area (TPSA) is 88.5 Å². The first kappa shape index (κ1) is 17.5. The van der Waals surface area contributed by atoms with Crippen LogP contribution in [0.5, 0.6) is 0 Å². The van der Waals surface area contributed by atoms with Gasteiger partial charge in [-0.2, -0.15) is 0 Å². The maximum atomic E-state index is 12.6. The summed E-state index contributed by atoms with van der Waals surface area (Å²) >= 11 is 0. The third-order valence-corrected chi connectivity index (χ3v) is 6.09. The smallest absolute Gasteiger partial charge is 0.242 e. The highest BCUT2D eigenvalue weighted by molar-refractivity contribution is 7.92. The van der Waals surface area contributed by atoms with Crippen molar-refractivity contribution in [2.75, 3.05) is 25.9 Å². The van der Waals surface area contributed by atoms with Crippen LogP contribution in [0.1, 0.15) is 12.8 Å². The van der Waals surface area contributed by atoms with E-state index in [0.717, 1.165) is 25.9 Å². The van der Waals surface area contributed by atoms with Gasteiger partial charge in [0, 0.05) is 37.2 Å². The number of hydrogen-bond donors (Lipinski definition) is 1. The highest BCUT2D eigenvalue weighted by Crippen LogP contribution is 2.26. The number of hydrogen-bond acceptors (Lipinski definition) is 4. The number of nitrogens with one attached hydrogen (secondary N) is 1. The maximum Gasteiger partial charge on any atom is 0.242 e. The van der Waals surface area contributed by atoms with E-state index in [1.54, 1.807) is 33.7 Å². The number of amides is 2. The first-order valence-electron chi connectivity index (χ1n) is 8.21. The maximum absolute atomic E-state index is 12.6. The predicted octanol–water partition coefficient (Wildman–Crippen LogP) is 0.783. The SMILES string of the molecule is CNC(=O)CS(=O)(=O)c1cn(CC(=O)N2CCCC2)c2ccccc12. The largest absolute Gasteiger partial charge is 0.358 e. The number of para-hydroxylation sites is 1. The fourth-order valence-electron chi connectivity index (χ4n) is 3.13. The zero-order valence-electron chi connectivity index (χ0n) is 14.1. The van der Waals surface area contributed by atoms with Gasteiger partial charge in [-0.05, 0) is 18.9 Å². The molecule has 1 aromatic heterocycles. The second-order valence-corrected chi connectivity index (χ2v) is 8.12. The van der Waals surface area contributed by atoms with Crippen molar-refractivity contribution in [3.63, 3.8) is 0 Å². The van der Waals surface area contributed by atoms with E-state index < -0.39 is 21.5 Å². The van der Waals surface area contributed by atoms with E-state index in [2.05, 4.69) is 5.32 Å². The molecule has 0 atom stereocenters. The molecular formula is C17H21N3O4S. The van der Waals surface area contributed by atoms with Gasteiger partial charge in [-0.25, -0.2) is 8.42 Å². The Morgan fingerprint density at radius 2 is 1.84 bits per heavy atom. The molecule has 2 heterocycles. The second kappa shape index (κ2) is 6.87. The van der Waals surface area contributed by atoms with Crippen LogP contribution in [0.4, 0.5) is 0 Å². The third-order valence-electron chi connectivity index (χ3n) is 4.45. The molecular weight excluding hydrogens is 342 g/mol. The number of carbonyl (C=O) groups is 2. The predicted molar refractivity (Wildman–Crippen MR) is 93.9 cm³/mol. The number of sulfone groups is 1. The van der Waals surface area contributed by atoms with Crippen molar-refractivity contribution in [3.8, 4) is 0 Å². The Balaban J connectivity index is 1.98. The minimum atomic E-state index is -3.79. The van der Waals surface area contributed by atoms with E-state index in [1.807, 2.05) is 0 Å². The minimum absolute atomic E-state index is 0.0199. The molecule has 7 nitrogen and oxygen atoms in total. The third kappa shape index (κ3) is 3.53. The molecule has 1 aliphatic rings. The lowest BCUT2D eigenvalue weighted by Gasteiger charge is -2.15. The molecule has 0 unspecified atom stereocenters. The molecule has 1 aromatic carbocycles. The molecule has 0 radical (unpaired) electrons. The number of nitrogens with zero attached hydrogens (tertiary/aromatic N) is 2. The van der Waals surface area contributed by atoms with Crippen molar-refractivity contribution in [2.24, 2.45) is 0 Å². The Morgan fingerprint density at radius 3 is 2.52 bits per heavy atom.